The van der Waals surface area contributed by atoms with Crippen molar-refractivity contribution in [2.75, 3.05) is 10.6 Å². The predicted octanol–water partition coefficient (Wildman–Crippen LogP) is 5.79. The maximum atomic E-state index is 12.5. The summed E-state index contributed by atoms with van der Waals surface area (Å²) in [6.07, 6.45) is 0. The number of rotatable bonds is 11. The molecule has 0 amide bonds. The zero-order valence-corrected chi connectivity index (χ0v) is 45.3. The van der Waals surface area contributed by atoms with Crippen LogP contribution in [0.1, 0.15) is 15.9 Å². The molecule has 2 aromatic heterocycles. The first-order valence-electron chi connectivity index (χ1n) is 16.1. The molecule has 0 saturated carbocycles. The van der Waals surface area contributed by atoms with Crippen molar-refractivity contribution < 1.29 is 53.9 Å². The summed E-state index contributed by atoms with van der Waals surface area (Å²) in [5, 5.41) is 33.5. The standard InChI is InChI=1S/C34H23ClN8O12S4.4Na/c1-15-6-11-22-28(29(15)59(53,54)55)56-30(37-22)16-7-9-18(10-8-16)36-33-39-32(35)40-34(41-33)38-23-14-19(57(47,48)49)12-17-13-24(58(50,51)52)26(27(44)25(17)23)43-42-21-5-3-2-4-20(21)31(45)46;;;;/h2-14,44H,1H3,(H,45,46)(H,47,48,49)(H,50,51,52)(H,53,54,55)(H2,36,38,39,40,41);;;;. The summed E-state index contributed by atoms with van der Waals surface area (Å²) in [7, 11) is -14.8. The maximum Gasteiger partial charge on any atom is 0.337 e. The topological polar surface area (TPSA) is 321 Å². The van der Waals surface area contributed by atoms with Crippen molar-refractivity contribution in [3.63, 3.8) is 0 Å². The molecule has 0 bridgehead atoms. The molecule has 7 aromatic rings. The van der Waals surface area contributed by atoms with E-state index in [4.69, 9.17) is 11.6 Å². The van der Waals surface area contributed by atoms with Crippen LogP contribution in [0.15, 0.2) is 104 Å². The van der Waals surface area contributed by atoms with E-state index in [1.54, 1.807) is 37.3 Å². The van der Waals surface area contributed by atoms with Crippen molar-refractivity contribution in [2.45, 2.75) is 21.6 Å². The number of thiazole rings is 1. The molecule has 63 heavy (non-hydrogen) atoms. The first kappa shape index (κ1) is 55.1. The summed E-state index contributed by atoms with van der Waals surface area (Å²) < 4.78 is 104. The summed E-state index contributed by atoms with van der Waals surface area (Å²) in [5.74, 6) is -2.92. The quantitative estimate of drug-likeness (QED) is 0.0458. The van der Waals surface area contributed by atoms with Gasteiger partial charge in [-0.05, 0) is 90.1 Å². The number of aryl methyl sites for hydroxylation is 1. The minimum Gasteiger partial charge on any atom is -0.505 e. The van der Waals surface area contributed by atoms with Crippen molar-refractivity contribution >= 4 is 233 Å². The molecule has 0 aliphatic heterocycles. The van der Waals surface area contributed by atoms with Gasteiger partial charge in [-0.15, -0.1) is 21.6 Å². The fourth-order valence-electron chi connectivity index (χ4n) is 5.76. The Morgan fingerprint density at radius 3 is 1.98 bits per heavy atom. The van der Waals surface area contributed by atoms with Crippen LogP contribution in [-0.4, -0.2) is 193 Å². The number of carboxylic acids is 1. The summed E-state index contributed by atoms with van der Waals surface area (Å²) in [6.45, 7) is 1.55. The summed E-state index contributed by atoms with van der Waals surface area (Å²) in [4.78, 5) is 26.4. The van der Waals surface area contributed by atoms with Crippen molar-refractivity contribution in [2.24, 2.45) is 10.2 Å². The third-order valence-electron chi connectivity index (χ3n) is 8.30. The normalized spacial score (nSPS) is 11.6. The Labute approximate surface area is 454 Å². The second-order valence-electron chi connectivity index (χ2n) is 12.2. The fraction of sp³-hybridized carbons (Fsp3) is 0.0294. The van der Waals surface area contributed by atoms with Crippen LogP contribution in [0.5, 0.6) is 5.75 Å². The molecule has 7 N–H and O–H groups in total. The van der Waals surface area contributed by atoms with E-state index in [-0.39, 0.29) is 173 Å². The Morgan fingerprint density at radius 2 is 1.38 bits per heavy atom. The molecule has 0 unspecified atom stereocenters. The molecular formula is C34H23ClN8Na4O12S4. The summed E-state index contributed by atoms with van der Waals surface area (Å²) in [6, 6.07) is 17.3. The molecule has 20 nitrogen and oxygen atoms in total. The molecule has 4 radical (unpaired) electrons. The van der Waals surface area contributed by atoms with Crippen molar-refractivity contribution in [3.8, 4) is 16.3 Å². The molecule has 2 heterocycles. The number of hydrogen-bond acceptors (Lipinski definition) is 17. The number of anilines is 4. The molecule has 0 spiro atoms. The van der Waals surface area contributed by atoms with Crippen LogP contribution in [0.3, 0.4) is 0 Å². The number of aromatic nitrogens is 4. The predicted molar refractivity (Wildman–Crippen MR) is 237 cm³/mol. The van der Waals surface area contributed by atoms with Gasteiger partial charge in [0.05, 0.1) is 26.4 Å². The van der Waals surface area contributed by atoms with Gasteiger partial charge >= 0.3 is 5.97 Å². The number of nitrogens with one attached hydrogen (secondary N) is 2. The zero-order chi connectivity index (χ0) is 42.6. The fourth-order valence-corrected chi connectivity index (χ4v) is 9.44. The number of fused-ring (bicyclic) bond motifs is 2. The number of halogens is 1. The molecule has 0 saturated heterocycles. The third kappa shape index (κ3) is 12.4. The number of carbonyl (C=O) groups is 1. The Hall–Kier alpha value is -2.25. The number of azo groups is 1. The van der Waals surface area contributed by atoms with E-state index in [1.165, 1.54) is 30.3 Å². The molecule has 306 valence electrons. The summed E-state index contributed by atoms with van der Waals surface area (Å²) >= 11 is 7.28. The van der Waals surface area contributed by atoms with Gasteiger partial charge in [-0.1, -0.05) is 18.2 Å². The minimum absolute atomic E-state index is 0. The monoisotopic (exact) mass is 990 g/mol. The number of aromatic hydroxyl groups is 1. The number of phenols is 1. The van der Waals surface area contributed by atoms with Crippen LogP contribution in [0.2, 0.25) is 5.28 Å². The van der Waals surface area contributed by atoms with Crippen LogP contribution >= 0.6 is 22.9 Å². The van der Waals surface area contributed by atoms with Gasteiger partial charge in [0.15, 0.2) is 5.75 Å². The minimum atomic E-state index is -5.23. The maximum absolute atomic E-state index is 12.5. The van der Waals surface area contributed by atoms with E-state index in [0.717, 1.165) is 29.5 Å². The SMILES string of the molecule is Cc1ccc2nc(-c3ccc(Nc4nc(Cl)nc(Nc5cc(S(=O)(=O)O)cc6cc(S(=O)(=O)O)c(N=Nc7ccccc7C(=O)O)c(O)c56)n4)cc3)sc2c1S(=O)(=O)O.[Na].[Na].[Na].[Na]. The van der Waals surface area contributed by atoms with Gasteiger partial charge < -0.3 is 20.8 Å². The van der Waals surface area contributed by atoms with Crippen molar-refractivity contribution in [1.82, 2.24) is 19.9 Å². The van der Waals surface area contributed by atoms with E-state index >= 15 is 0 Å². The number of nitrogens with zero attached hydrogens (tertiary/aromatic N) is 6. The molecule has 0 aliphatic rings. The first-order chi connectivity index (χ1) is 27.7. The number of carboxylic acid groups (broad SMARTS) is 1. The molecule has 0 aliphatic carbocycles. The molecular weight excluding hydrogens is 968 g/mol. The van der Waals surface area contributed by atoms with E-state index in [9.17, 15) is 53.9 Å². The van der Waals surface area contributed by atoms with Crippen molar-refractivity contribution in [3.05, 3.63) is 95.3 Å². The Kier molecular flexibility index (Phi) is 18.9. The largest absolute Gasteiger partial charge is 0.505 e. The molecule has 0 atom stereocenters. The van der Waals surface area contributed by atoms with E-state index in [1.807, 2.05) is 0 Å². The van der Waals surface area contributed by atoms with Gasteiger partial charge in [0, 0.05) is 135 Å². The Balaban J connectivity index is 0.00000264. The van der Waals surface area contributed by atoms with Crippen LogP contribution in [0.4, 0.5) is 34.6 Å². The second kappa shape index (κ2) is 21.6. The smallest absolute Gasteiger partial charge is 0.337 e. The van der Waals surface area contributed by atoms with E-state index in [2.05, 4.69) is 40.8 Å². The van der Waals surface area contributed by atoms with Crippen LogP contribution in [0.25, 0.3) is 31.6 Å². The van der Waals surface area contributed by atoms with Crippen molar-refractivity contribution in [1.29, 1.82) is 0 Å². The first-order valence-corrected chi connectivity index (χ1v) is 21.7. The van der Waals surface area contributed by atoms with Crippen LogP contribution in [-0.2, 0) is 30.4 Å². The molecule has 7 rings (SSSR count). The third-order valence-corrected chi connectivity index (χ3v) is 12.5. The Morgan fingerprint density at radius 1 is 0.746 bits per heavy atom. The molecule has 5 aromatic carbocycles. The average molecular weight is 991 g/mol. The Bertz CT molecular complexity index is 3300. The number of aromatic carboxylic acids is 1. The van der Waals surface area contributed by atoms with Gasteiger partial charge in [-0.3, -0.25) is 13.7 Å². The van der Waals surface area contributed by atoms with Gasteiger partial charge in [-0.2, -0.15) is 40.2 Å². The zero-order valence-electron chi connectivity index (χ0n) is 33.3. The second-order valence-corrected chi connectivity index (χ2v) is 17.8. The number of benzene rings is 5. The van der Waals surface area contributed by atoms with Gasteiger partial charge in [0.2, 0.25) is 17.2 Å². The summed E-state index contributed by atoms with van der Waals surface area (Å²) in [5.41, 5.74) is -0.0942. The van der Waals surface area contributed by atoms with E-state index in [0.29, 0.717) is 27.3 Å². The average Bonchev–Trinajstić information content (AvgIpc) is 3.57. The van der Waals surface area contributed by atoms with Crippen LogP contribution in [0, 0.1) is 6.92 Å². The van der Waals surface area contributed by atoms with Crippen LogP contribution < -0.4 is 10.6 Å². The van der Waals surface area contributed by atoms with Gasteiger partial charge in [0.1, 0.15) is 26.2 Å². The number of phenolic OH excluding ortho intramolecular Hbond substituents is 1. The van der Waals surface area contributed by atoms with Gasteiger partial charge in [-0.25, -0.2) is 9.78 Å². The molecule has 29 heteroatoms. The van der Waals surface area contributed by atoms with Gasteiger partial charge in [0.25, 0.3) is 30.4 Å². The number of hydrogen-bond donors (Lipinski definition) is 7. The molecule has 0 fully saturated rings. The van der Waals surface area contributed by atoms with E-state index < -0.39 is 57.6 Å².